The van der Waals surface area contributed by atoms with Crippen LogP contribution in [0.4, 0.5) is 10.5 Å². The highest BCUT2D eigenvalue weighted by Gasteiger charge is 2.30. The fraction of sp³-hybridized carbons (Fsp3) is 0.471. The number of methoxy groups -OCH3 is 1. The van der Waals surface area contributed by atoms with E-state index >= 15 is 0 Å². The van der Waals surface area contributed by atoms with Gasteiger partial charge in [0, 0.05) is 24.9 Å². The zero-order chi connectivity index (χ0) is 18.1. The summed E-state index contributed by atoms with van der Waals surface area (Å²) in [5.74, 6) is 0.568. The van der Waals surface area contributed by atoms with Gasteiger partial charge in [-0.25, -0.2) is 4.79 Å². The Morgan fingerprint density at radius 1 is 1.48 bits per heavy atom. The third kappa shape index (κ3) is 5.63. The van der Waals surface area contributed by atoms with E-state index in [0.29, 0.717) is 31.1 Å². The zero-order valence-corrected chi connectivity index (χ0v) is 14.2. The molecule has 0 spiro atoms. The van der Waals surface area contributed by atoms with E-state index in [0.717, 1.165) is 5.69 Å². The molecule has 1 aliphatic heterocycles. The summed E-state index contributed by atoms with van der Waals surface area (Å²) in [6.07, 6.45) is 0.0602. The molecule has 1 aromatic carbocycles. The van der Waals surface area contributed by atoms with Crippen molar-refractivity contribution >= 4 is 11.8 Å². The molecule has 1 heterocycles. The monoisotopic (exact) mass is 352 g/mol. The van der Waals surface area contributed by atoms with Crippen LogP contribution in [0.15, 0.2) is 30.9 Å². The lowest BCUT2D eigenvalue weighted by atomic mass is 9.95. The van der Waals surface area contributed by atoms with Crippen molar-refractivity contribution in [2.24, 2.45) is 0 Å². The van der Waals surface area contributed by atoms with Gasteiger partial charge in [0.2, 0.25) is 0 Å². The summed E-state index contributed by atoms with van der Waals surface area (Å²) in [6.45, 7) is 4.91. The maximum Gasteiger partial charge on any atom is 0.408 e. The van der Waals surface area contributed by atoms with Gasteiger partial charge in [-0.2, -0.15) is 0 Å². The normalized spacial score (nSPS) is 18.6. The van der Waals surface area contributed by atoms with Gasteiger partial charge in [0.1, 0.15) is 12.4 Å². The Balaban J connectivity index is 2.02. The average Bonchev–Trinajstić information content (AvgIpc) is 2.62. The van der Waals surface area contributed by atoms with Crippen LogP contribution in [0.3, 0.4) is 0 Å². The summed E-state index contributed by atoms with van der Waals surface area (Å²) in [7, 11) is 1.60. The van der Waals surface area contributed by atoms with Crippen LogP contribution in [0.5, 0.6) is 5.75 Å². The van der Waals surface area contributed by atoms with E-state index < -0.39 is 18.2 Å². The van der Waals surface area contributed by atoms with Crippen LogP contribution in [0.2, 0.25) is 0 Å². The number of aliphatic hydroxyl groups excluding tert-OH is 1. The second kappa shape index (κ2) is 9.87. The van der Waals surface area contributed by atoms with E-state index in [4.69, 9.17) is 18.9 Å². The van der Waals surface area contributed by atoms with Crippen molar-refractivity contribution in [3.63, 3.8) is 0 Å². The molecule has 1 aromatic rings. The molecule has 0 aliphatic carbocycles. The van der Waals surface area contributed by atoms with E-state index in [1.54, 1.807) is 19.2 Å². The van der Waals surface area contributed by atoms with E-state index in [2.05, 4.69) is 17.2 Å². The number of hydrogen-bond donors (Lipinski definition) is 3. The molecule has 0 fully saturated rings. The third-order valence-corrected chi connectivity index (χ3v) is 3.59. The van der Waals surface area contributed by atoms with Crippen LogP contribution < -0.4 is 15.4 Å². The van der Waals surface area contributed by atoms with Gasteiger partial charge >= 0.3 is 6.09 Å². The van der Waals surface area contributed by atoms with Crippen LogP contribution in [-0.2, 0) is 14.2 Å². The maximum absolute atomic E-state index is 11.8. The highest BCUT2D eigenvalue weighted by Crippen LogP contribution is 2.33. The van der Waals surface area contributed by atoms with Crippen molar-refractivity contribution in [1.82, 2.24) is 5.32 Å². The molecular formula is C17H24N2O6. The molecule has 1 amide bonds. The Morgan fingerprint density at radius 2 is 2.32 bits per heavy atom. The van der Waals surface area contributed by atoms with Gasteiger partial charge in [0.25, 0.3) is 0 Å². The summed E-state index contributed by atoms with van der Waals surface area (Å²) in [5.41, 5.74) is 1.52. The van der Waals surface area contributed by atoms with E-state index in [1.807, 2.05) is 6.07 Å². The van der Waals surface area contributed by atoms with Gasteiger partial charge in [-0.1, -0.05) is 12.7 Å². The highest BCUT2D eigenvalue weighted by molar-refractivity contribution is 5.70. The summed E-state index contributed by atoms with van der Waals surface area (Å²) in [5, 5.41) is 16.0. The zero-order valence-electron chi connectivity index (χ0n) is 14.2. The first-order valence-corrected chi connectivity index (χ1v) is 7.95. The Kier molecular flexibility index (Phi) is 7.52. The maximum atomic E-state index is 11.8. The number of carbonyl (C=O) groups is 1. The predicted molar refractivity (Wildman–Crippen MR) is 91.7 cm³/mol. The molecule has 0 unspecified atom stereocenters. The lowest BCUT2D eigenvalue weighted by Crippen LogP contribution is -2.43. The molecule has 2 rings (SSSR count). The van der Waals surface area contributed by atoms with Gasteiger partial charge in [-0.3, -0.25) is 0 Å². The molecule has 0 saturated heterocycles. The third-order valence-electron chi connectivity index (χ3n) is 3.59. The fourth-order valence-electron chi connectivity index (χ4n) is 2.38. The quantitative estimate of drug-likeness (QED) is 0.351. The van der Waals surface area contributed by atoms with Crippen LogP contribution >= 0.6 is 0 Å². The van der Waals surface area contributed by atoms with E-state index in [9.17, 15) is 9.90 Å². The van der Waals surface area contributed by atoms with Crippen LogP contribution in [0, 0.1) is 0 Å². The van der Waals surface area contributed by atoms with Crippen LogP contribution in [0.25, 0.3) is 0 Å². The van der Waals surface area contributed by atoms with E-state index in [-0.39, 0.29) is 13.4 Å². The molecule has 0 radical (unpaired) electrons. The minimum absolute atomic E-state index is 0.0810. The smallest absolute Gasteiger partial charge is 0.408 e. The second-order valence-corrected chi connectivity index (χ2v) is 5.37. The van der Waals surface area contributed by atoms with Crippen molar-refractivity contribution in [3.05, 3.63) is 36.4 Å². The first-order chi connectivity index (χ1) is 12.2. The Bertz CT molecular complexity index is 580. The molecule has 1 aliphatic rings. The molecule has 0 bridgehead atoms. The van der Waals surface area contributed by atoms with Gasteiger partial charge in [-0.05, 0) is 18.2 Å². The molecule has 0 aromatic heterocycles. The molecule has 25 heavy (non-hydrogen) atoms. The lowest BCUT2D eigenvalue weighted by Gasteiger charge is -2.31. The number of fused-ring (bicyclic) bond motifs is 1. The van der Waals surface area contributed by atoms with Crippen molar-refractivity contribution in [3.8, 4) is 5.75 Å². The van der Waals surface area contributed by atoms with Gasteiger partial charge in [0.15, 0.2) is 6.79 Å². The molecule has 8 heteroatoms. The largest absolute Gasteiger partial charge is 0.468 e. The molecule has 0 saturated carbocycles. The molecule has 3 N–H and O–H groups in total. The van der Waals surface area contributed by atoms with Crippen LogP contribution in [-0.4, -0.2) is 57.6 Å². The lowest BCUT2D eigenvalue weighted by molar-refractivity contribution is -0.00854. The number of ether oxygens (including phenoxy) is 4. The Morgan fingerprint density at radius 3 is 3.08 bits per heavy atom. The van der Waals surface area contributed by atoms with Crippen molar-refractivity contribution < 1.29 is 28.8 Å². The minimum Gasteiger partial charge on any atom is -0.468 e. The summed E-state index contributed by atoms with van der Waals surface area (Å²) < 4.78 is 20.6. The number of alkyl carbamates (subject to hydrolysis) is 1. The minimum atomic E-state index is -0.794. The van der Waals surface area contributed by atoms with Crippen molar-refractivity contribution in [2.45, 2.75) is 12.1 Å². The number of carbonyl (C=O) groups excluding carboxylic acids is 1. The van der Waals surface area contributed by atoms with Gasteiger partial charge in [-0.15, -0.1) is 0 Å². The average molecular weight is 352 g/mol. The number of hydrogen-bond acceptors (Lipinski definition) is 7. The Labute approximate surface area is 146 Å². The fourth-order valence-corrected chi connectivity index (χ4v) is 2.38. The standard InChI is InChI=1S/C17H24N2O6/c1-3-6-24-17(21)19-16-13-9-12(25-11-23-8-7-22-2)4-5-14(13)18-10-15(16)20/h3-5,9,15-16,18,20H,1,6-8,10-11H2,2H3,(H,19,21)/t15-,16-/m0/s1. The molecule has 2 atom stereocenters. The molecular weight excluding hydrogens is 328 g/mol. The number of amides is 1. The SMILES string of the molecule is C=CCOC(=O)N[C@H]1c2cc(OCOCCOC)ccc2NC[C@@H]1O. The molecule has 8 nitrogen and oxygen atoms in total. The summed E-state index contributed by atoms with van der Waals surface area (Å²) >= 11 is 0. The number of nitrogens with one attached hydrogen (secondary N) is 2. The topological polar surface area (TPSA) is 98.3 Å². The number of benzene rings is 1. The van der Waals surface area contributed by atoms with Crippen LogP contribution in [0.1, 0.15) is 11.6 Å². The van der Waals surface area contributed by atoms with Crippen molar-refractivity contribution in [2.75, 3.05) is 45.6 Å². The van der Waals surface area contributed by atoms with Gasteiger partial charge < -0.3 is 34.7 Å². The highest BCUT2D eigenvalue weighted by atomic mass is 16.7. The number of anilines is 1. The molecule has 138 valence electrons. The Hall–Kier alpha value is -2.29. The first kappa shape index (κ1) is 19.0. The first-order valence-electron chi connectivity index (χ1n) is 7.95. The second-order valence-electron chi connectivity index (χ2n) is 5.37. The summed E-state index contributed by atoms with van der Waals surface area (Å²) in [4.78, 5) is 11.8. The van der Waals surface area contributed by atoms with Gasteiger partial charge in [0.05, 0.1) is 25.4 Å². The van der Waals surface area contributed by atoms with E-state index in [1.165, 1.54) is 6.08 Å². The summed E-state index contributed by atoms with van der Waals surface area (Å²) in [6, 6.07) is 4.76. The van der Waals surface area contributed by atoms with Crippen molar-refractivity contribution in [1.29, 1.82) is 0 Å². The predicted octanol–water partition coefficient (Wildman–Crippen LogP) is 1.43. The number of rotatable bonds is 9. The number of aliphatic hydroxyl groups is 1. The number of β-amino-alcohol motifs (C(OH)–C–C–N with tert-alkyl or cyclic N) is 1.